The largest absolute Gasteiger partial charge is 0.480 e. The van der Waals surface area contributed by atoms with Gasteiger partial charge < -0.3 is 15.1 Å². The van der Waals surface area contributed by atoms with E-state index in [0.29, 0.717) is 0 Å². The van der Waals surface area contributed by atoms with Gasteiger partial charge in [0.2, 0.25) is 5.91 Å². The molecule has 0 saturated carbocycles. The van der Waals surface area contributed by atoms with Gasteiger partial charge in [-0.1, -0.05) is 0 Å². The quantitative estimate of drug-likeness (QED) is 0.788. The fourth-order valence-corrected chi connectivity index (χ4v) is 2.65. The van der Waals surface area contributed by atoms with Crippen LogP contribution in [0.2, 0.25) is 0 Å². The van der Waals surface area contributed by atoms with Crippen LogP contribution in [0.3, 0.4) is 0 Å². The highest BCUT2D eigenvalue weighted by Gasteiger charge is 2.39. The first kappa shape index (κ1) is 14.5. The molecule has 2 rings (SSSR count). The lowest BCUT2D eigenvalue weighted by molar-refractivity contribution is -0.148. The summed E-state index contributed by atoms with van der Waals surface area (Å²) in [5.41, 5.74) is 2.48. The predicted octanol–water partition coefficient (Wildman–Crippen LogP) is -0.374. The second-order valence-electron chi connectivity index (χ2n) is 5.24. The summed E-state index contributed by atoms with van der Waals surface area (Å²) in [5, 5.41) is 22.9. The maximum atomic E-state index is 12.3. The van der Waals surface area contributed by atoms with Crippen molar-refractivity contribution in [3.63, 3.8) is 0 Å². The number of nitrogens with zero attached hydrogens (tertiary/aromatic N) is 3. The van der Waals surface area contributed by atoms with Crippen LogP contribution < -0.4 is 0 Å². The number of likely N-dealkylation sites (tertiary alicyclic amines) is 1. The summed E-state index contributed by atoms with van der Waals surface area (Å²) in [6.45, 7) is 3.77. The smallest absolute Gasteiger partial charge is 0.326 e. The lowest BCUT2D eigenvalue weighted by Crippen LogP contribution is -2.41. The molecule has 1 aromatic rings. The van der Waals surface area contributed by atoms with E-state index < -0.39 is 18.1 Å². The summed E-state index contributed by atoms with van der Waals surface area (Å²) in [6.07, 6.45) is -0.565. The number of aliphatic hydroxyl groups excluding tert-OH is 1. The number of carbonyl (C=O) groups is 2. The van der Waals surface area contributed by atoms with Crippen molar-refractivity contribution < 1.29 is 19.8 Å². The fraction of sp³-hybridized carbons (Fsp3) is 0.615. The topological polar surface area (TPSA) is 95.7 Å². The molecule has 1 aromatic heterocycles. The molecule has 20 heavy (non-hydrogen) atoms. The molecule has 1 aliphatic rings. The van der Waals surface area contributed by atoms with Crippen LogP contribution in [0.15, 0.2) is 0 Å². The van der Waals surface area contributed by atoms with Crippen LogP contribution in [-0.2, 0) is 23.1 Å². The van der Waals surface area contributed by atoms with Gasteiger partial charge in [-0.05, 0) is 13.8 Å². The number of hydrogen-bond donors (Lipinski definition) is 2. The molecular weight excluding hydrogens is 262 g/mol. The van der Waals surface area contributed by atoms with Crippen LogP contribution in [-0.4, -0.2) is 55.5 Å². The molecule has 2 atom stereocenters. The standard InChI is InChI=1S/C13H19N3O4/c1-7-10(8(2)15(3)14-7)5-12(18)16-6-9(17)4-11(16)13(19)20/h9,11,17H,4-6H2,1-3H3,(H,19,20)/t9-,11-/m0/s1. The number of rotatable bonds is 3. The Hall–Kier alpha value is -1.89. The lowest BCUT2D eigenvalue weighted by Gasteiger charge is -2.21. The average Bonchev–Trinajstić information content (AvgIpc) is 2.85. The summed E-state index contributed by atoms with van der Waals surface area (Å²) < 4.78 is 1.70. The van der Waals surface area contributed by atoms with Gasteiger partial charge in [0.25, 0.3) is 0 Å². The number of carbonyl (C=O) groups excluding carboxylic acids is 1. The third kappa shape index (κ3) is 2.53. The first-order valence-corrected chi connectivity index (χ1v) is 6.50. The number of aliphatic hydroxyl groups is 1. The third-order valence-electron chi connectivity index (χ3n) is 3.87. The zero-order valence-electron chi connectivity index (χ0n) is 11.8. The summed E-state index contributed by atoms with van der Waals surface area (Å²) >= 11 is 0. The van der Waals surface area contributed by atoms with Gasteiger partial charge in [0.1, 0.15) is 6.04 Å². The van der Waals surface area contributed by atoms with Crippen LogP contribution in [0.4, 0.5) is 0 Å². The Morgan fingerprint density at radius 1 is 1.40 bits per heavy atom. The van der Waals surface area contributed by atoms with Gasteiger partial charge in [-0.2, -0.15) is 5.10 Å². The molecule has 1 amide bonds. The first-order chi connectivity index (χ1) is 9.31. The summed E-state index contributed by atoms with van der Waals surface area (Å²) in [5.74, 6) is -1.36. The Kier molecular flexibility index (Phi) is 3.80. The molecule has 0 unspecified atom stereocenters. The summed E-state index contributed by atoms with van der Waals surface area (Å²) in [4.78, 5) is 24.7. The average molecular weight is 281 g/mol. The minimum atomic E-state index is -1.07. The minimum Gasteiger partial charge on any atom is -0.480 e. The zero-order chi connectivity index (χ0) is 15.0. The molecule has 2 heterocycles. The number of amides is 1. The van der Waals surface area contributed by atoms with Gasteiger partial charge in [0.05, 0.1) is 18.2 Å². The number of carboxylic acid groups (broad SMARTS) is 1. The van der Waals surface area contributed by atoms with Crippen molar-refractivity contribution in [2.75, 3.05) is 6.54 Å². The molecule has 0 radical (unpaired) electrons. The molecule has 1 saturated heterocycles. The monoisotopic (exact) mass is 281 g/mol. The molecule has 7 nitrogen and oxygen atoms in total. The second-order valence-corrected chi connectivity index (χ2v) is 5.24. The predicted molar refractivity (Wildman–Crippen MR) is 70.1 cm³/mol. The molecule has 0 aromatic carbocycles. The van der Waals surface area contributed by atoms with Gasteiger partial charge in [0, 0.05) is 31.3 Å². The third-order valence-corrected chi connectivity index (χ3v) is 3.87. The van der Waals surface area contributed by atoms with Crippen molar-refractivity contribution in [3.05, 3.63) is 17.0 Å². The second kappa shape index (κ2) is 5.24. The van der Waals surface area contributed by atoms with Crippen molar-refractivity contribution in [1.29, 1.82) is 0 Å². The first-order valence-electron chi connectivity index (χ1n) is 6.50. The molecule has 1 fully saturated rings. The van der Waals surface area contributed by atoms with Gasteiger partial charge >= 0.3 is 5.97 Å². The number of aryl methyl sites for hydroxylation is 2. The van der Waals surface area contributed by atoms with Gasteiger partial charge in [0.15, 0.2) is 0 Å². The van der Waals surface area contributed by atoms with Crippen molar-refractivity contribution >= 4 is 11.9 Å². The van der Waals surface area contributed by atoms with E-state index in [-0.39, 0.29) is 25.3 Å². The van der Waals surface area contributed by atoms with Crippen molar-refractivity contribution in [2.45, 2.75) is 38.8 Å². The van der Waals surface area contributed by atoms with E-state index in [4.69, 9.17) is 5.11 Å². The fourth-order valence-electron chi connectivity index (χ4n) is 2.65. The van der Waals surface area contributed by atoms with Crippen LogP contribution in [0, 0.1) is 13.8 Å². The van der Waals surface area contributed by atoms with E-state index in [1.807, 2.05) is 13.8 Å². The zero-order valence-corrected chi connectivity index (χ0v) is 11.8. The Labute approximate surface area is 116 Å². The minimum absolute atomic E-state index is 0.0775. The molecule has 110 valence electrons. The van der Waals surface area contributed by atoms with E-state index in [9.17, 15) is 14.7 Å². The Bertz CT molecular complexity index is 552. The molecule has 1 aliphatic heterocycles. The Balaban J connectivity index is 2.17. The van der Waals surface area contributed by atoms with E-state index in [2.05, 4.69) is 5.10 Å². The van der Waals surface area contributed by atoms with Crippen molar-refractivity contribution in [1.82, 2.24) is 14.7 Å². The number of aromatic nitrogens is 2. The molecule has 7 heteroatoms. The Morgan fingerprint density at radius 3 is 2.55 bits per heavy atom. The molecule has 2 N–H and O–H groups in total. The molecule has 0 spiro atoms. The van der Waals surface area contributed by atoms with Crippen molar-refractivity contribution in [2.24, 2.45) is 7.05 Å². The number of hydrogen-bond acceptors (Lipinski definition) is 4. The SMILES string of the molecule is Cc1nn(C)c(C)c1CC(=O)N1C[C@@H](O)C[C@H]1C(=O)O. The van der Waals surface area contributed by atoms with Crippen LogP contribution in [0.25, 0.3) is 0 Å². The highest BCUT2D eigenvalue weighted by molar-refractivity contribution is 5.86. The highest BCUT2D eigenvalue weighted by Crippen LogP contribution is 2.21. The summed E-state index contributed by atoms with van der Waals surface area (Å²) in [6, 6.07) is -0.935. The highest BCUT2D eigenvalue weighted by atomic mass is 16.4. The van der Waals surface area contributed by atoms with Crippen molar-refractivity contribution in [3.8, 4) is 0 Å². The number of carboxylic acids is 1. The number of aliphatic carboxylic acids is 1. The van der Waals surface area contributed by atoms with Crippen LogP contribution >= 0.6 is 0 Å². The van der Waals surface area contributed by atoms with Gasteiger partial charge in [-0.15, -0.1) is 0 Å². The van der Waals surface area contributed by atoms with Gasteiger partial charge in [-0.3, -0.25) is 9.48 Å². The van der Waals surface area contributed by atoms with E-state index in [1.165, 1.54) is 4.90 Å². The van der Waals surface area contributed by atoms with E-state index in [0.717, 1.165) is 17.0 Å². The maximum Gasteiger partial charge on any atom is 0.326 e. The number of β-amino-alcohol motifs (C(OH)–C–C–N with tert-alkyl or cyclic N) is 1. The lowest BCUT2D eigenvalue weighted by atomic mass is 10.1. The van der Waals surface area contributed by atoms with E-state index >= 15 is 0 Å². The molecular formula is C13H19N3O4. The van der Waals surface area contributed by atoms with E-state index in [1.54, 1.807) is 11.7 Å². The van der Waals surface area contributed by atoms with Crippen LogP contribution in [0.5, 0.6) is 0 Å². The maximum absolute atomic E-state index is 12.3. The summed E-state index contributed by atoms with van der Waals surface area (Å²) in [7, 11) is 1.80. The van der Waals surface area contributed by atoms with Gasteiger partial charge in [-0.25, -0.2) is 4.79 Å². The molecule has 0 bridgehead atoms. The molecule has 0 aliphatic carbocycles. The van der Waals surface area contributed by atoms with Crippen LogP contribution in [0.1, 0.15) is 23.4 Å². The Morgan fingerprint density at radius 2 is 2.05 bits per heavy atom. The normalized spacial score (nSPS) is 22.3.